The van der Waals surface area contributed by atoms with Crippen LogP contribution < -0.4 is 5.32 Å². The molecule has 0 unspecified atom stereocenters. The first-order chi connectivity index (χ1) is 8.15. The van der Waals surface area contributed by atoms with Crippen LogP contribution in [0.25, 0.3) is 0 Å². The van der Waals surface area contributed by atoms with Crippen molar-refractivity contribution in [1.29, 1.82) is 0 Å². The van der Waals surface area contributed by atoms with Crippen LogP contribution in [0, 0.1) is 6.92 Å². The SMILES string of the molecule is Cc1ccc(C(C)C)cc1CNCCCCO. The Hall–Kier alpha value is -0.860. The van der Waals surface area contributed by atoms with Gasteiger partial charge in [-0.2, -0.15) is 0 Å². The molecule has 2 nitrogen and oxygen atoms in total. The monoisotopic (exact) mass is 235 g/mol. The van der Waals surface area contributed by atoms with Crippen molar-refractivity contribution in [1.82, 2.24) is 5.32 Å². The van der Waals surface area contributed by atoms with E-state index in [1.807, 2.05) is 0 Å². The van der Waals surface area contributed by atoms with Gasteiger partial charge in [-0.1, -0.05) is 32.0 Å². The zero-order valence-electron chi connectivity index (χ0n) is 11.3. The molecule has 0 aliphatic heterocycles. The van der Waals surface area contributed by atoms with Gasteiger partial charge in [0.1, 0.15) is 0 Å². The van der Waals surface area contributed by atoms with Gasteiger partial charge in [0, 0.05) is 13.2 Å². The Labute approximate surface area is 105 Å². The third-order valence-electron chi connectivity index (χ3n) is 3.12. The second-order valence-corrected chi connectivity index (χ2v) is 4.95. The van der Waals surface area contributed by atoms with E-state index in [1.54, 1.807) is 0 Å². The fraction of sp³-hybridized carbons (Fsp3) is 0.600. The molecule has 1 rings (SSSR count). The summed E-state index contributed by atoms with van der Waals surface area (Å²) in [6, 6.07) is 6.73. The molecule has 0 fully saturated rings. The zero-order chi connectivity index (χ0) is 12.7. The number of hydrogen-bond donors (Lipinski definition) is 2. The summed E-state index contributed by atoms with van der Waals surface area (Å²) in [6.07, 6.45) is 1.93. The van der Waals surface area contributed by atoms with Crippen molar-refractivity contribution >= 4 is 0 Å². The first kappa shape index (κ1) is 14.2. The number of nitrogens with one attached hydrogen (secondary N) is 1. The molecule has 0 spiro atoms. The highest BCUT2D eigenvalue weighted by atomic mass is 16.2. The number of rotatable bonds is 7. The van der Waals surface area contributed by atoms with Crippen molar-refractivity contribution < 1.29 is 5.11 Å². The van der Waals surface area contributed by atoms with Gasteiger partial charge >= 0.3 is 0 Å². The van der Waals surface area contributed by atoms with Crippen LogP contribution in [0.3, 0.4) is 0 Å². The number of aliphatic hydroxyl groups excluding tert-OH is 1. The number of hydrogen-bond acceptors (Lipinski definition) is 2. The molecule has 17 heavy (non-hydrogen) atoms. The Balaban J connectivity index is 2.49. The third-order valence-corrected chi connectivity index (χ3v) is 3.12. The smallest absolute Gasteiger partial charge is 0.0431 e. The number of unbranched alkanes of at least 4 members (excludes halogenated alkanes) is 1. The minimum atomic E-state index is 0.295. The van der Waals surface area contributed by atoms with Gasteiger partial charge in [-0.25, -0.2) is 0 Å². The van der Waals surface area contributed by atoms with Crippen LogP contribution in [0.2, 0.25) is 0 Å². The molecule has 1 aromatic rings. The first-order valence-corrected chi connectivity index (χ1v) is 6.56. The minimum absolute atomic E-state index is 0.295. The lowest BCUT2D eigenvalue weighted by atomic mass is 9.98. The summed E-state index contributed by atoms with van der Waals surface area (Å²) in [4.78, 5) is 0. The molecule has 2 N–H and O–H groups in total. The molecule has 2 heteroatoms. The molecule has 0 radical (unpaired) electrons. The standard InChI is InChI=1S/C15H25NO/c1-12(2)14-7-6-13(3)15(10-14)11-16-8-4-5-9-17/h6-7,10,12,16-17H,4-5,8-9,11H2,1-3H3. The van der Waals surface area contributed by atoms with E-state index in [1.165, 1.54) is 16.7 Å². The normalized spacial score (nSPS) is 11.1. The molecule has 0 saturated heterocycles. The maximum absolute atomic E-state index is 8.70. The average molecular weight is 235 g/mol. The Bertz CT molecular complexity index is 334. The van der Waals surface area contributed by atoms with Crippen molar-refractivity contribution in [2.24, 2.45) is 0 Å². The van der Waals surface area contributed by atoms with Gasteiger partial charge in [0.2, 0.25) is 0 Å². The fourth-order valence-corrected chi connectivity index (χ4v) is 1.83. The summed E-state index contributed by atoms with van der Waals surface area (Å²) in [5.41, 5.74) is 4.15. The highest BCUT2D eigenvalue weighted by molar-refractivity contribution is 5.32. The van der Waals surface area contributed by atoms with Gasteiger partial charge in [-0.15, -0.1) is 0 Å². The van der Waals surface area contributed by atoms with Crippen LogP contribution in [0.1, 0.15) is 49.3 Å². The van der Waals surface area contributed by atoms with Crippen LogP contribution in [0.4, 0.5) is 0 Å². The lowest BCUT2D eigenvalue weighted by Crippen LogP contribution is -2.16. The summed E-state index contributed by atoms with van der Waals surface area (Å²) in [6.45, 7) is 8.81. The molecule has 0 atom stereocenters. The molecular formula is C15H25NO. The van der Waals surface area contributed by atoms with E-state index in [4.69, 9.17) is 5.11 Å². The molecule has 96 valence electrons. The zero-order valence-corrected chi connectivity index (χ0v) is 11.3. The quantitative estimate of drug-likeness (QED) is 0.712. The highest BCUT2D eigenvalue weighted by Crippen LogP contribution is 2.18. The van der Waals surface area contributed by atoms with Crippen molar-refractivity contribution in [3.63, 3.8) is 0 Å². The van der Waals surface area contributed by atoms with Crippen molar-refractivity contribution in [3.05, 3.63) is 34.9 Å². The Kier molecular flexibility index (Phi) is 6.23. The lowest BCUT2D eigenvalue weighted by molar-refractivity contribution is 0.283. The van der Waals surface area contributed by atoms with Crippen LogP contribution in [-0.4, -0.2) is 18.3 Å². The predicted molar refractivity (Wildman–Crippen MR) is 73.3 cm³/mol. The molecule has 0 amide bonds. The molecule has 0 aromatic heterocycles. The van der Waals surface area contributed by atoms with Crippen LogP contribution in [-0.2, 0) is 6.54 Å². The molecular weight excluding hydrogens is 210 g/mol. The predicted octanol–water partition coefficient (Wildman–Crippen LogP) is 2.98. The average Bonchev–Trinajstić information content (AvgIpc) is 2.30. The van der Waals surface area contributed by atoms with E-state index < -0.39 is 0 Å². The number of aryl methyl sites for hydroxylation is 1. The Morgan fingerprint density at radius 2 is 2.00 bits per heavy atom. The summed E-state index contributed by atoms with van der Waals surface area (Å²) in [5, 5.41) is 12.1. The fourth-order valence-electron chi connectivity index (χ4n) is 1.83. The van der Waals surface area contributed by atoms with Crippen molar-refractivity contribution in [2.45, 2.75) is 46.1 Å². The third kappa shape index (κ3) is 4.88. The Morgan fingerprint density at radius 1 is 1.24 bits per heavy atom. The van der Waals surface area contributed by atoms with Crippen LogP contribution >= 0.6 is 0 Å². The topological polar surface area (TPSA) is 32.3 Å². The van der Waals surface area contributed by atoms with Gasteiger partial charge < -0.3 is 10.4 Å². The van der Waals surface area contributed by atoms with Crippen LogP contribution in [0.5, 0.6) is 0 Å². The largest absolute Gasteiger partial charge is 0.396 e. The summed E-state index contributed by atoms with van der Waals surface area (Å²) < 4.78 is 0. The van der Waals surface area contributed by atoms with Crippen molar-refractivity contribution in [3.8, 4) is 0 Å². The first-order valence-electron chi connectivity index (χ1n) is 6.56. The lowest BCUT2D eigenvalue weighted by Gasteiger charge is -2.12. The van der Waals surface area contributed by atoms with E-state index in [-0.39, 0.29) is 0 Å². The number of benzene rings is 1. The molecule has 0 aliphatic rings. The Morgan fingerprint density at radius 3 is 2.65 bits per heavy atom. The van der Waals surface area contributed by atoms with E-state index in [2.05, 4.69) is 44.3 Å². The van der Waals surface area contributed by atoms with E-state index in [0.29, 0.717) is 12.5 Å². The van der Waals surface area contributed by atoms with E-state index in [9.17, 15) is 0 Å². The van der Waals surface area contributed by atoms with Gasteiger partial charge in [0.05, 0.1) is 0 Å². The summed E-state index contributed by atoms with van der Waals surface area (Å²) in [5.74, 6) is 0.587. The van der Waals surface area contributed by atoms with E-state index >= 15 is 0 Å². The van der Waals surface area contributed by atoms with Gasteiger partial charge in [0.25, 0.3) is 0 Å². The minimum Gasteiger partial charge on any atom is -0.396 e. The summed E-state index contributed by atoms with van der Waals surface area (Å²) in [7, 11) is 0. The van der Waals surface area contributed by atoms with E-state index in [0.717, 1.165) is 25.9 Å². The van der Waals surface area contributed by atoms with Gasteiger partial charge in [-0.3, -0.25) is 0 Å². The maximum atomic E-state index is 8.70. The van der Waals surface area contributed by atoms with Gasteiger partial charge in [-0.05, 0) is 48.9 Å². The van der Waals surface area contributed by atoms with Gasteiger partial charge in [0.15, 0.2) is 0 Å². The number of aliphatic hydroxyl groups is 1. The van der Waals surface area contributed by atoms with Crippen LogP contribution in [0.15, 0.2) is 18.2 Å². The summed E-state index contributed by atoms with van der Waals surface area (Å²) >= 11 is 0. The van der Waals surface area contributed by atoms with Crippen molar-refractivity contribution in [2.75, 3.05) is 13.2 Å². The second-order valence-electron chi connectivity index (χ2n) is 4.95. The molecule has 0 bridgehead atoms. The molecule has 0 saturated carbocycles. The molecule has 0 heterocycles. The molecule has 1 aromatic carbocycles. The second kappa shape index (κ2) is 7.46. The molecule has 0 aliphatic carbocycles. The highest BCUT2D eigenvalue weighted by Gasteiger charge is 2.03. The maximum Gasteiger partial charge on any atom is 0.0431 e.